The van der Waals surface area contributed by atoms with Crippen LogP contribution in [0.3, 0.4) is 0 Å². The summed E-state index contributed by atoms with van der Waals surface area (Å²) < 4.78 is 0. The second-order valence-electron chi connectivity index (χ2n) is 4.96. The van der Waals surface area contributed by atoms with E-state index in [0.717, 1.165) is 27.5 Å². The monoisotopic (exact) mass is 269 g/mol. The van der Waals surface area contributed by atoms with E-state index in [1.165, 1.54) is 0 Å². The van der Waals surface area contributed by atoms with Gasteiger partial charge in [0.2, 0.25) is 0 Å². The van der Waals surface area contributed by atoms with E-state index < -0.39 is 0 Å². The molecule has 2 aromatic heterocycles. The number of aromatic amines is 1. The third-order valence-corrected chi connectivity index (χ3v) is 3.63. The molecule has 3 nitrogen and oxygen atoms in total. The summed E-state index contributed by atoms with van der Waals surface area (Å²) in [5, 5.41) is 11.5. The third-order valence-electron chi connectivity index (χ3n) is 3.63. The topological polar surface area (TPSA) is 52.5 Å². The maximum atomic E-state index is 9.41. The number of pyridine rings is 1. The van der Waals surface area contributed by atoms with E-state index in [1.807, 2.05) is 60.7 Å². The molecule has 2 aromatic carbocycles. The van der Waals surface area contributed by atoms with Gasteiger partial charge in [-0.2, -0.15) is 5.26 Å². The van der Waals surface area contributed by atoms with E-state index in [0.29, 0.717) is 11.3 Å². The Morgan fingerprint density at radius 2 is 1.67 bits per heavy atom. The Morgan fingerprint density at radius 1 is 0.905 bits per heavy atom. The number of nitrogens with one attached hydrogen (secondary N) is 1. The van der Waals surface area contributed by atoms with Gasteiger partial charge in [-0.05, 0) is 24.3 Å². The summed E-state index contributed by atoms with van der Waals surface area (Å²) >= 11 is 0. The van der Waals surface area contributed by atoms with Crippen molar-refractivity contribution >= 4 is 21.8 Å². The van der Waals surface area contributed by atoms with Crippen LogP contribution in [0.4, 0.5) is 0 Å². The van der Waals surface area contributed by atoms with Gasteiger partial charge >= 0.3 is 0 Å². The summed E-state index contributed by atoms with van der Waals surface area (Å²) in [5.41, 5.74) is 4.10. The van der Waals surface area contributed by atoms with E-state index in [1.54, 1.807) is 0 Å². The van der Waals surface area contributed by atoms with Crippen LogP contribution in [0.1, 0.15) is 5.56 Å². The number of aromatic nitrogens is 2. The van der Waals surface area contributed by atoms with Crippen LogP contribution in [0.25, 0.3) is 33.2 Å². The Kier molecular flexibility index (Phi) is 2.48. The first-order valence-corrected chi connectivity index (χ1v) is 6.73. The number of benzene rings is 2. The molecular formula is C18H11N3. The molecule has 4 aromatic rings. The molecule has 4 rings (SSSR count). The van der Waals surface area contributed by atoms with Gasteiger partial charge in [-0.15, -0.1) is 0 Å². The quantitative estimate of drug-likeness (QED) is 0.561. The van der Waals surface area contributed by atoms with Crippen molar-refractivity contribution in [3.63, 3.8) is 0 Å². The lowest BCUT2D eigenvalue weighted by Crippen LogP contribution is -1.91. The van der Waals surface area contributed by atoms with Crippen molar-refractivity contribution in [3.05, 3.63) is 66.2 Å². The lowest BCUT2D eigenvalue weighted by molar-refractivity contribution is 1.32. The highest BCUT2D eigenvalue weighted by atomic mass is 14.8. The average Bonchev–Trinajstić information content (AvgIpc) is 2.97. The average molecular weight is 269 g/mol. The van der Waals surface area contributed by atoms with Crippen molar-refractivity contribution in [2.75, 3.05) is 0 Å². The first kappa shape index (κ1) is 11.7. The molecule has 0 aliphatic rings. The third kappa shape index (κ3) is 1.86. The molecule has 0 radical (unpaired) electrons. The van der Waals surface area contributed by atoms with Gasteiger partial charge < -0.3 is 4.98 Å². The van der Waals surface area contributed by atoms with Crippen LogP contribution >= 0.6 is 0 Å². The largest absolute Gasteiger partial charge is 0.353 e. The number of nitrogens with zero attached hydrogens (tertiary/aromatic N) is 2. The van der Waals surface area contributed by atoms with Crippen LogP contribution in [0, 0.1) is 11.3 Å². The number of hydrogen-bond donors (Lipinski definition) is 1. The number of fused-ring (bicyclic) bond motifs is 2. The van der Waals surface area contributed by atoms with E-state index in [4.69, 9.17) is 0 Å². The molecular weight excluding hydrogens is 258 g/mol. The summed E-state index contributed by atoms with van der Waals surface area (Å²) in [6.45, 7) is 0. The molecule has 0 aliphatic heterocycles. The molecule has 0 unspecified atom stereocenters. The van der Waals surface area contributed by atoms with Gasteiger partial charge in [0.15, 0.2) is 0 Å². The summed E-state index contributed by atoms with van der Waals surface area (Å²) in [4.78, 5) is 8.00. The smallest absolute Gasteiger partial charge is 0.105 e. The number of para-hydroxylation sites is 2. The zero-order valence-corrected chi connectivity index (χ0v) is 11.2. The van der Waals surface area contributed by atoms with Gasteiger partial charge in [0.25, 0.3) is 0 Å². The highest BCUT2D eigenvalue weighted by Gasteiger charge is 2.11. The lowest BCUT2D eigenvalue weighted by atomic mass is 10.1. The normalized spacial score (nSPS) is 10.8. The van der Waals surface area contributed by atoms with Crippen molar-refractivity contribution in [2.24, 2.45) is 0 Å². The zero-order valence-electron chi connectivity index (χ0n) is 11.2. The predicted octanol–water partition coefficient (Wildman–Crippen LogP) is 4.25. The molecule has 1 N–H and O–H groups in total. The van der Waals surface area contributed by atoms with Crippen LogP contribution in [0.5, 0.6) is 0 Å². The standard InChI is InChI=1S/C18H11N3/c19-11-14-9-12-5-1-4-8-16(12)21-18(14)17-10-13-6-2-3-7-15(13)20-17/h1-10,20H. The summed E-state index contributed by atoms with van der Waals surface area (Å²) in [7, 11) is 0. The molecule has 0 spiro atoms. The first-order valence-electron chi connectivity index (χ1n) is 6.73. The van der Waals surface area contributed by atoms with Crippen LogP contribution < -0.4 is 0 Å². The molecule has 3 heteroatoms. The fourth-order valence-electron chi connectivity index (χ4n) is 2.61. The van der Waals surface area contributed by atoms with E-state index >= 15 is 0 Å². The molecule has 0 amide bonds. The lowest BCUT2D eigenvalue weighted by Gasteiger charge is -2.03. The van der Waals surface area contributed by atoms with Crippen molar-refractivity contribution in [1.82, 2.24) is 9.97 Å². The van der Waals surface area contributed by atoms with Gasteiger partial charge in [0.1, 0.15) is 11.8 Å². The molecule has 0 saturated carbocycles. The first-order chi connectivity index (χ1) is 10.3. The van der Waals surface area contributed by atoms with Crippen molar-refractivity contribution in [2.45, 2.75) is 0 Å². The molecule has 0 saturated heterocycles. The fourth-order valence-corrected chi connectivity index (χ4v) is 2.61. The highest BCUT2D eigenvalue weighted by molar-refractivity contribution is 5.89. The number of rotatable bonds is 1. The minimum atomic E-state index is 0.584. The maximum Gasteiger partial charge on any atom is 0.105 e. The Hall–Kier alpha value is -3.12. The molecule has 2 heterocycles. The molecule has 0 fully saturated rings. The van der Waals surface area contributed by atoms with Gasteiger partial charge in [-0.3, -0.25) is 0 Å². The Bertz CT molecular complexity index is 973. The predicted molar refractivity (Wildman–Crippen MR) is 83.8 cm³/mol. The fraction of sp³-hybridized carbons (Fsp3) is 0. The van der Waals surface area contributed by atoms with Gasteiger partial charge in [-0.1, -0.05) is 36.4 Å². The Labute approximate surface area is 121 Å². The second-order valence-corrected chi connectivity index (χ2v) is 4.96. The van der Waals surface area contributed by atoms with Gasteiger partial charge in [0.05, 0.1) is 16.8 Å². The van der Waals surface area contributed by atoms with Gasteiger partial charge in [-0.25, -0.2) is 4.98 Å². The minimum Gasteiger partial charge on any atom is -0.353 e. The summed E-state index contributed by atoms with van der Waals surface area (Å²) in [5.74, 6) is 0. The SMILES string of the molecule is N#Cc1cc2ccccc2nc1-c1cc2ccccc2[nH]1. The van der Waals surface area contributed by atoms with E-state index in [2.05, 4.69) is 16.0 Å². The maximum absolute atomic E-state index is 9.41. The number of hydrogen-bond acceptors (Lipinski definition) is 2. The molecule has 98 valence electrons. The number of H-pyrrole nitrogens is 1. The van der Waals surface area contributed by atoms with Crippen molar-refractivity contribution < 1.29 is 0 Å². The Morgan fingerprint density at radius 3 is 2.48 bits per heavy atom. The van der Waals surface area contributed by atoms with Crippen LogP contribution in [0.2, 0.25) is 0 Å². The Balaban J connectivity index is 2.02. The van der Waals surface area contributed by atoms with Crippen molar-refractivity contribution in [3.8, 4) is 17.5 Å². The van der Waals surface area contributed by atoms with Crippen LogP contribution in [-0.2, 0) is 0 Å². The summed E-state index contributed by atoms with van der Waals surface area (Å²) in [6, 6.07) is 22.1. The molecule has 21 heavy (non-hydrogen) atoms. The molecule has 0 atom stereocenters. The molecule has 0 bridgehead atoms. The van der Waals surface area contributed by atoms with Gasteiger partial charge in [0, 0.05) is 16.3 Å². The van der Waals surface area contributed by atoms with Crippen LogP contribution in [-0.4, -0.2) is 9.97 Å². The molecule has 0 aliphatic carbocycles. The number of nitriles is 1. The summed E-state index contributed by atoms with van der Waals surface area (Å²) in [6.07, 6.45) is 0. The van der Waals surface area contributed by atoms with E-state index in [9.17, 15) is 5.26 Å². The zero-order chi connectivity index (χ0) is 14.2. The van der Waals surface area contributed by atoms with Crippen LogP contribution in [0.15, 0.2) is 60.7 Å². The second kappa shape index (κ2) is 4.46. The minimum absolute atomic E-state index is 0.584. The van der Waals surface area contributed by atoms with E-state index in [-0.39, 0.29) is 0 Å². The highest BCUT2D eigenvalue weighted by Crippen LogP contribution is 2.27. The van der Waals surface area contributed by atoms with Crippen molar-refractivity contribution in [1.29, 1.82) is 5.26 Å².